The van der Waals surface area contributed by atoms with Gasteiger partial charge in [0.2, 0.25) is 0 Å². The van der Waals surface area contributed by atoms with Gasteiger partial charge >= 0.3 is 8.56 Å². The van der Waals surface area contributed by atoms with Gasteiger partial charge in [0.15, 0.2) is 0 Å². The molecular formula is C12H24O2Si. The summed E-state index contributed by atoms with van der Waals surface area (Å²) in [6.07, 6.45) is 5.15. The highest BCUT2D eigenvalue weighted by Crippen LogP contribution is 2.33. The minimum atomic E-state index is -1.92. The molecule has 0 atom stereocenters. The van der Waals surface area contributed by atoms with Crippen LogP contribution in [0.3, 0.4) is 0 Å². The third-order valence-corrected chi connectivity index (χ3v) is 5.64. The first-order valence-corrected chi connectivity index (χ1v) is 8.57. The van der Waals surface area contributed by atoms with Crippen LogP contribution in [-0.2, 0) is 8.85 Å². The first kappa shape index (κ1) is 12.9. The van der Waals surface area contributed by atoms with E-state index in [1.165, 1.54) is 18.4 Å². The molecule has 0 heterocycles. The van der Waals surface area contributed by atoms with Crippen LogP contribution < -0.4 is 0 Å². The average Bonchev–Trinajstić information content (AvgIpc) is 2.87. The number of allylic oxidation sites excluding steroid dienone is 2. The Labute approximate surface area is 94.9 Å². The molecule has 1 rings (SSSR count). The monoisotopic (exact) mass is 228 g/mol. The van der Waals surface area contributed by atoms with Crippen molar-refractivity contribution in [2.24, 2.45) is 5.92 Å². The van der Waals surface area contributed by atoms with E-state index in [4.69, 9.17) is 8.85 Å². The second kappa shape index (κ2) is 5.82. The highest BCUT2D eigenvalue weighted by Gasteiger charge is 2.31. The minimum absolute atomic E-state index is 0.763. The molecule has 15 heavy (non-hydrogen) atoms. The van der Waals surface area contributed by atoms with Gasteiger partial charge in [-0.2, -0.15) is 0 Å². The molecule has 0 amide bonds. The molecule has 0 saturated heterocycles. The van der Waals surface area contributed by atoms with Crippen molar-refractivity contribution in [1.29, 1.82) is 0 Å². The Morgan fingerprint density at radius 2 is 1.80 bits per heavy atom. The minimum Gasteiger partial charge on any atom is -0.394 e. The summed E-state index contributed by atoms with van der Waals surface area (Å²) in [6.45, 7) is 10.00. The van der Waals surface area contributed by atoms with Crippen molar-refractivity contribution in [2.75, 3.05) is 13.2 Å². The Hall–Kier alpha value is -0.123. The molecule has 0 unspecified atom stereocenters. The maximum atomic E-state index is 5.82. The van der Waals surface area contributed by atoms with E-state index in [0.717, 1.165) is 25.2 Å². The molecule has 1 aliphatic rings. The molecule has 0 bridgehead atoms. The first-order valence-electron chi connectivity index (χ1n) is 6.05. The summed E-state index contributed by atoms with van der Waals surface area (Å²) in [5.41, 5.74) is 1.45. The van der Waals surface area contributed by atoms with Crippen LogP contribution in [0.25, 0.3) is 0 Å². The molecule has 1 saturated carbocycles. The summed E-state index contributed by atoms with van der Waals surface area (Å²) in [5.74, 6) is 0.853. The fourth-order valence-electron chi connectivity index (χ4n) is 1.99. The van der Waals surface area contributed by atoms with Gasteiger partial charge in [-0.1, -0.05) is 11.6 Å². The third kappa shape index (κ3) is 4.95. The highest BCUT2D eigenvalue weighted by atomic mass is 28.4. The van der Waals surface area contributed by atoms with Crippen LogP contribution >= 0.6 is 0 Å². The summed E-state index contributed by atoms with van der Waals surface area (Å²) in [7, 11) is -1.92. The molecular weight excluding hydrogens is 204 g/mol. The Morgan fingerprint density at radius 1 is 1.27 bits per heavy atom. The molecule has 0 N–H and O–H groups in total. The van der Waals surface area contributed by atoms with Crippen molar-refractivity contribution in [2.45, 2.75) is 46.2 Å². The van der Waals surface area contributed by atoms with E-state index in [1.807, 2.05) is 13.8 Å². The molecule has 0 aromatic carbocycles. The lowest BCUT2D eigenvalue weighted by atomic mass is 10.2. The van der Waals surface area contributed by atoms with Gasteiger partial charge in [0.05, 0.1) is 0 Å². The highest BCUT2D eigenvalue weighted by molar-refractivity contribution is 6.66. The fourth-order valence-corrected chi connectivity index (χ4v) is 4.62. The van der Waals surface area contributed by atoms with Crippen LogP contribution in [0.5, 0.6) is 0 Å². The lowest BCUT2D eigenvalue weighted by Crippen LogP contribution is -2.38. The van der Waals surface area contributed by atoms with Crippen LogP contribution in [0, 0.1) is 5.92 Å². The SMILES string of the molecule is CCO[Si](C)(CC(C)=CC1CC1)OCC. The number of rotatable bonds is 7. The van der Waals surface area contributed by atoms with Crippen LogP contribution in [0.2, 0.25) is 12.6 Å². The van der Waals surface area contributed by atoms with Gasteiger partial charge in [0.1, 0.15) is 0 Å². The largest absolute Gasteiger partial charge is 0.394 e. The molecule has 88 valence electrons. The lowest BCUT2D eigenvalue weighted by molar-refractivity contribution is 0.191. The molecule has 0 aromatic heterocycles. The van der Waals surface area contributed by atoms with E-state index in [2.05, 4.69) is 19.5 Å². The zero-order valence-electron chi connectivity index (χ0n) is 10.5. The van der Waals surface area contributed by atoms with Crippen LogP contribution in [0.1, 0.15) is 33.6 Å². The van der Waals surface area contributed by atoms with Crippen molar-refractivity contribution in [1.82, 2.24) is 0 Å². The second-order valence-electron chi connectivity index (χ2n) is 4.53. The number of hydrogen-bond donors (Lipinski definition) is 0. The van der Waals surface area contributed by atoms with Gasteiger partial charge in [-0.3, -0.25) is 0 Å². The van der Waals surface area contributed by atoms with Crippen molar-refractivity contribution in [3.05, 3.63) is 11.6 Å². The topological polar surface area (TPSA) is 18.5 Å². The van der Waals surface area contributed by atoms with E-state index >= 15 is 0 Å². The predicted octanol–water partition coefficient (Wildman–Crippen LogP) is 3.49. The molecule has 0 aliphatic heterocycles. The second-order valence-corrected chi connectivity index (χ2v) is 7.73. The maximum Gasteiger partial charge on any atom is 0.339 e. The first-order chi connectivity index (χ1) is 7.09. The van der Waals surface area contributed by atoms with Gasteiger partial charge in [0, 0.05) is 19.3 Å². The van der Waals surface area contributed by atoms with Crippen LogP contribution in [0.15, 0.2) is 11.6 Å². The molecule has 3 heteroatoms. The van der Waals surface area contributed by atoms with Gasteiger partial charge in [-0.15, -0.1) is 0 Å². The lowest BCUT2D eigenvalue weighted by Gasteiger charge is -2.26. The Kier molecular flexibility index (Phi) is 5.03. The zero-order chi connectivity index (χ0) is 11.3. The van der Waals surface area contributed by atoms with Crippen LogP contribution in [0.4, 0.5) is 0 Å². The van der Waals surface area contributed by atoms with Crippen molar-refractivity contribution < 1.29 is 8.85 Å². The van der Waals surface area contributed by atoms with Gasteiger partial charge in [-0.05, 0) is 46.1 Å². The summed E-state index contributed by atoms with van der Waals surface area (Å²) < 4.78 is 11.6. The van der Waals surface area contributed by atoms with Gasteiger partial charge < -0.3 is 8.85 Å². The maximum absolute atomic E-state index is 5.82. The number of hydrogen-bond acceptors (Lipinski definition) is 2. The predicted molar refractivity (Wildman–Crippen MR) is 66.2 cm³/mol. The summed E-state index contributed by atoms with van der Waals surface area (Å²) in [4.78, 5) is 0. The third-order valence-electron chi connectivity index (χ3n) is 2.64. The molecule has 0 radical (unpaired) electrons. The summed E-state index contributed by atoms with van der Waals surface area (Å²) in [6, 6.07) is 1.02. The van der Waals surface area contributed by atoms with Crippen molar-refractivity contribution >= 4 is 8.56 Å². The zero-order valence-corrected chi connectivity index (χ0v) is 11.5. The van der Waals surface area contributed by atoms with Gasteiger partial charge in [-0.25, -0.2) is 0 Å². The molecule has 1 aliphatic carbocycles. The Balaban J connectivity index is 2.47. The molecule has 1 fully saturated rings. The summed E-state index contributed by atoms with van der Waals surface area (Å²) >= 11 is 0. The fraction of sp³-hybridized carbons (Fsp3) is 0.833. The smallest absolute Gasteiger partial charge is 0.339 e. The van der Waals surface area contributed by atoms with E-state index in [1.54, 1.807) is 0 Å². The Bertz CT molecular complexity index is 216. The van der Waals surface area contributed by atoms with Crippen LogP contribution in [-0.4, -0.2) is 21.8 Å². The van der Waals surface area contributed by atoms with Crippen molar-refractivity contribution in [3.8, 4) is 0 Å². The van der Waals surface area contributed by atoms with E-state index in [9.17, 15) is 0 Å². The Morgan fingerprint density at radius 3 is 2.20 bits per heavy atom. The van der Waals surface area contributed by atoms with E-state index in [0.29, 0.717) is 0 Å². The van der Waals surface area contributed by atoms with E-state index < -0.39 is 8.56 Å². The average molecular weight is 228 g/mol. The molecule has 0 spiro atoms. The van der Waals surface area contributed by atoms with E-state index in [-0.39, 0.29) is 0 Å². The standard InChI is InChI=1S/C12H24O2Si/c1-5-13-15(4,14-6-2)10-11(3)9-12-7-8-12/h9,12H,5-8,10H2,1-4H3. The molecule has 2 nitrogen and oxygen atoms in total. The summed E-state index contributed by atoms with van der Waals surface area (Å²) in [5, 5.41) is 0. The quantitative estimate of drug-likeness (QED) is 0.490. The van der Waals surface area contributed by atoms with Gasteiger partial charge in [0.25, 0.3) is 0 Å². The molecule has 0 aromatic rings. The van der Waals surface area contributed by atoms with Crippen molar-refractivity contribution in [3.63, 3.8) is 0 Å². The normalized spacial score (nSPS) is 18.3.